The Hall–Kier alpha value is -0.760. The molecule has 1 aromatic heterocycles. The van der Waals surface area contributed by atoms with Gasteiger partial charge in [-0.3, -0.25) is 0 Å². The first kappa shape index (κ1) is 14.6. The van der Waals surface area contributed by atoms with Crippen LogP contribution in [0.2, 0.25) is 0 Å². The molecule has 2 nitrogen and oxygen atoms in total. The second-order valence-electron chi connectivity index (χ2n) is 5.98. The Labute approximate surface area is 118 Å². The summed E-state index contributed by atoms with van der Waals surface area (Å²) in [6.07, 6.45) is 9.92. The summed E-state index contributed by atoms with van der Waals surface area (Å²) in [6, 6.07) is 2.66. The Morgan fingerprint density at radius 2 is 2.11 bits per heavy atom. The highest BCUT2D eigenvalue weighted by Gasteiger charge is 2.32. The number of rotatable bonds is 6. The highest BCUT2D eigenvalue weighted by atomic mass is 16.3. The van der Waals surface area contributed by atoms with Gasteiger partial charge < -0.3 is 9.73 Å². The van der Waals surface area contributed by atoms with Crippen molar-refractivity contribution in [2.75, 3.05) is 6.54 Å². The van der Waals surface area contributed by atoms with Gasteiger partial charge in [0.2, 0.25) is 0 Å². The van der Waals surface area contributed by atoms with Gasteiger partial charge in [0.15, 0.2) is 0 Å². The van der Waals surface area contributed by atoms with Crippen molar-refractivity contribution in [1.29, 1.82) is 0 Å². The van der Waals surface area contributed by atoms with Gasteiger partial charge in [0, 0.05) is 11.6 Å². The van der Waals surface area contributed by atoms with Crippen molar-refractivity contribution < 1.29 is 4.42 Å². The molecular formula is C17H29NO. The SMILES string of the molecule is CCCNC(c1ccoc1C)C1CCCCC1CC. The summed E-state index contributed by atoms with van der Waals surface area (Å²) in [7, 11) is 0. The second-order valence-corrected chi connectivity index (χ2v) is 5.98. The van der Waals surface area contributed by atoms with Gasteiger partial charge in [-0.15, -0.1) is 0 Å². The van der Waals surface area contributed by atoms with Gasteiger partial charge in [0.05, 0.1) is 6.26 Å². The van der Waals surface area contributed by atoms with E-state index in [1.807, 2.05) is 6.26 Å². The lowest BCUT2D eigenvalue weighted by atomic mass is 9.72. The smallest absolute Gasteiger partial charge is 0.105 e. The fourth-order valence-corrected chi connectivity index (χ4v) is 3.69. The third kappa shape index (κ3) is 3.42. The summed E-state index contributed by atoms with van der Waals surface area (Å²) in [4.78, 5) is 0. The van der Waals surface area contributed by atoms with E-state index in [0.29, 0.717) is 6.04 Å². The zero-order valence-electron chi connectivity index (χ0n) is 12.7. The number of hydrogen-bond donors (Lipinski definition) is 1. The summed E-state index contributed by atoms with van der Waals surface area (Å²) >= 11 is 0. The molecule has 1 aliphatic carbocycles. The average Bonchev–Trinajstić information content (AvgIpc) is 2.86. The molecule has 108 valence electrons. The molecule has 1 fully saturated rings. The van der Waals surface area contributed by atoms with Crippen LogP contribution in [0, 0.1) is 18.8 Å². The molecule has 0 aliphatic heterocycles. The van der Waals surface area contributed by atoms with Gasteiger partial charge in [-0.1, -0.05) is 39.5 Å². The first-order valence-electron chi connectivity index (χ1n) is 8.05. The quantitative estimate of drug-likeness (QED) is 0.794. The van der Waals surface area contributed by atoms with E-state index in [1.54, 1.807) is 0 Å². The molecule has 0 spiro atoms. The van der Waals surface area contributed by atoms with E-state index >= 15 is 0 Å². The summed E-state index contributed by atoms with van der Waals surface area (Å²) in [5.74, 6) is 2.74. The van der Waals surface area contributed by atoms with E-state index in [1.165, 1.54) is 44.1 Å². The molecule has 0 saturated heterocycles. The molecule has 0 aromatic carbocycles. The standard InChI is InChI=1S/C17H29NO/c1-4-11-18-17(15-10-12-19-13(15)3)16-9-7-6-8-14(16)5-2/h10,12,14,16-18H,4-9,11H2,1-3H3. The largest absolute Gasteiger partial charge is 0.469 e. The average molecular weight is 263 g/mol. The second kappa shape index (κ2) is 7.14. The maximum absolute atomic E-state index is 5.55. The Kier molecular flexibility index (Phi) is 5.50. The van der Waals surface area contributed by atoms with E-state index in [9.17, 15) is 0 Å². The Balaban J connectivity index is 2.18. The fraction of sp³-hybridized carbons (Fsp3) is 0.765. The van der Waals surface area contributed by atoms with Crippen LogP contribution in [0.1, 0.15) is 69.7 Å². The summed E-state index contributed by atoms with van der Waals surface area (Å²) < 4.78 is 5.55. The molecule has 1 saturated carbocycles. The molecule has 0 bridgehead atoms. The minimum absolute atomic E-state index is 0.490. The van der Waals surface area contributed by atoms with E-state index in [2.05, 4.69) is 32.2 Å². The third-order valence-corrected chi connectivity index (χ3v) is 4.77. The van der Waals surface area contributed by atoms with E-state index in [0.717, 1.165) is 24.1 Å². The normalized spacial score (nSPS) is 25.4. The number of hydrogen-bond acceptors (Lipinski definition) is 2. The molecular weight excluding hydrogens is 234 g/mol. The molecule has 1 N–H and O–H groups in total. The lowest BCUT2D eigenvalue weighted by Gasteiger charge is -2.37. The number of nitrogens with one attached hydrogen (secondary N) is 1. The maximum atomic E-state index is 5.55. The summed E-state index contributed by atoms with van der Waals surface area (Å²) in [5.41, 5.74) is 1.39. The van der Waals surface area contributed by atoms with Crippen LogP contribution in [0.4, 0.5) is 0 Å². The van der Waals surface area contributed by atoms with E-state index in [4.69, 9.17) is 4.42 Å². The van der Waals surface area contributed by atoms with Crippen LogP contribution in [0.5, 0.6) is 0 Å². The Morgan fingerprint density at radius 3 is 2.74 bits per heavy atom. The molecule has 2 rings (SSSR count). The predicted octanol–water partition coefficient (Wildman–Crippen LogP) is 4.85. The highest BCUT2D eigenvalue weighted by molar-refractivity contribution is 5.21. The molecule has 0 radical (unpaired) electrons. The van der Waals surface area contributed by atoms with Crippen molar-refractivity contribution in [3.05, 3.63) is 23.7 Å². The molecule has 1 heterocycles. The van der Waals surface area contributed by atoms with Gasteiger partial charge >= 0.3 is 0 Å². The summed E-state index contributed by atoms with van der Waals surface area (Å²) in [5, 5.41) is 3.79. The van der Waals surface area contributed by atoms with Crippen LogP contribution in [-0.2, 0) is 0 Å². The Bertz CT molecular complexity index is 371. The zero-order valence-corrected chi connectivity index (χ0v) is 12.7. The van der Waals surface area contributed by atoms with Crippen molar-refractivity contribution in [3.63, 3.8) is 0 Å². The van der Waals surface area contributed by atoms with Crippen LogP contribution < -0.4 is 5.32 Å². The lowest BCUT2D eigenvalue weighted by Crippen LogP contribution is -2.35. The number of aryl methyl sites for hydroxylation is 1. The van der Waals surface area contributed by atoms with Crippen molar-refractivity contribution in [3.8, 4) is 0 Å². The van der Waals surface area contributed by atoms with E-state index in [-0.39, 0.29) is 0 Å². The van der Waals surface area contributed by atoms with Crippen molar-refractivity contribution in [2.45, 2.75) is 65.3 Å². The molecule has 1 aliphatic rings. The van der Waals surface area contributed by atoms with Gasteiger partial charge in [-0.05, 0) is 44.2 Å². The van der Waals surface area contributed by atoms with Gasteiger partial charge in [0.25, 0.3) is 0 Å². The fourth-order valence-electron chi connectivity index (χ4n) is 3.69. The first-order valence-corrected chi connectivity index (χ1v) is 8.05. The number of furan rings is 1. The predicted molar refractivity (Wildman–Crippen MR) is 80.2 cm³/mol. The third-order valence-electron chi connectivity index (χ3n) is 4.77. The van der Waals surface area contributed by atoms with Crippen LogP contribution in [0.15, 0.2) is 16.7 Å². The Morgan fingerprint density at radius 1 is 1.32 bits per heavy atom. The van der Waals surface area contributed by atoms with Crippen molar-refractivity contribution in [1.82, 2.24) is 5.32 Å². The van der Waals surface area contributed by atoms with Crippen LogP contribution in [0.3, 0.4) is 0 Å². The van der Waals surface area contributed by atoms with Crippen LogP contribution in [-0.4, -0.2) is 6.54 Å². The highest BCUT2D eigenvalue weighted by Crippen LogP contribution is 2.41. The van der Waals surface area contributed by atoms with Crippen molar-refractivity contribution in [2.24, 2.45) is 11.8 Å². The van der Waals surface area contributed by atoms with Crippen molar-refractivity contribution >= 4 is 0 Å². The van der Waals surface area contributed by atoms with Gasteiger partial charge in [-0.25, -0.2) is 0 Å². The topological polar surface area (TPSA) is 25.2 Å². The first-order chi connectivity index (χ1) is 9.27. The molecule has 2 heteroatoms. The zero-order chi connectivity index (χ0) is 13.7. The molecule has 19 heavy (non-hydrogen) atoms. The van der Waals surface area contributed by atoms with Gasteiger partial charge in [-0.2, -0.15) is 0 Å². The molecule has 3 unspecified atom stereocenters. The lowest BCUT2D eigenvalue weighted by molar-refractivity contribution is 0.174. The van der Waals surface area contributed by atoms with Crippen LogP contribution >= 0.6 is 0 Å². The summed E-state index contributed by atoms with van der Waals surface area (Å²) in [6.45, 7) is 7.79. The minimum Gasteiger partial charge on any atom is -0.469 e. The molecule has 3 atom stereocenters. The van der Waals surface area contributed by atoms with E-state index < -0.39 is 0 Å². The molecule has 0 amide bonds. The maximum Gasteiger partial charge on any atom is 0.105 e. The molecule has 1 aromatic rings. The minimum atomic E-state index is 0.490. The van der Waals surface area contributed by atoms with Crippen LogP contribution in [0.25, 0.3) is 0 Å². The monoisotopic (exact) mass is 263 g/mol. The van der Waals surface area contributed by atoms with Gasteiger partial charge in [0.1, 0.15) is 5.76 Å².